The van der Waals surface area contributed by atoms with Gasteiger partial charge in [0.2, 0.25) is 0 Å². The number of hydrogen-bond donors (Lipinski definition) is 2. The molecular weight excluding hydrogens is 252 g/mol. The average Bonchev–Trinajstić information content (AvgIpc) is 2.45. The Kier molecular flexibility index (Phi) is 3.36. The molecule has 1 heterocycles. The van der Waals surface area contributed by atoms with E-state index in [0.717, 1.165) is 11.3 Å². The number of nitrogens with one attached hydrogen (secondary N) is 1. The first-order chi connectivity index (χ1) is 7.13. The third kappa shape index (κ3) is 3.00. The second kappa shape index (κ2) is 4.11. The van der Waals surface area contributed by atoms with E-state index in [9.17, 15) is 13.2 Å². The van der Waals surface area contributed by atoms with Crippen molar-refractivity contribution in [3.05, 3.63) is 11.2 Å². The second-order valence-electron chi connectivity index (χ2n) is 4.15. The summed E-state index contributed by atoms with van der Waals surface area (Å²) in [6.07, 6.45) is 0. The van der Waals surface area contributed by atoms with Crippen LogP contribution >= 0.6 is 11.3 Å². The van der Waals surface area contributed by atoms with Gasteiger partial charge in [0.25, 0.3) is 10.0 Å². The molecule has 0 unspecified atom stereocenters. The first kappa shape index (κ1) is 13.1. The van der Waals surface area contributed by atoms with E-state index >= 15 is 0 Å². The lowest BCUT2D eigenvalue weighted by Crippen LogP contribution is -2.40. The maximum Gasteiger partial charge on any atom is 0.356 e. The lowest BCUT2D eigenvalue weighted by Gasteiger charge is -2.19. The molecule has 0 saturated heterocycles. The van der Waals surface area contributed by atoms with Gasteiger partial charge in [0.1, 0.15) is 0 Å². The van der Waals surface area contributed by atoms with Crippen LogP contribution < -0.4 is 4.72 Å². The Bertz CT molecular complexity index is 498. The molecule has 1 aromatic rings. The van der Waals surface area contributed by atoms with E-state index in [1.807, 2.05) is 0 Å². The van der Waals surface area contributed by atoms with Crippen molar-refractivity contribution in [1.82, 2.24) is 9.71 Å². The van der Waals surface area contributed by atoms with Gasteiger partial charge in [-0.3, -0.25) is 0 Å². The Labute approximate surface area is 97.4 Å². The fourth-order valence-electron chi connectivity index (χ4n) is 1.02. The lowest BCUT2D eigenvalue weighted by atomic mass is 10.1. The molecule has 2 N–H and O–H groups in total. The fraction of sp³-hybridized carbons (Fsp3) is 0.500. The van der Waals surface area contributed by atoms with E-state index in [-0.39, 0.29) is 4.21 Å². The van der Waals surface area contributed by atoms with Crippen LogP contribution in [-0.2, 0) is 10.0 Å². The molecule has 1 rings (SSSR count). The van der Waals surface area contributed by atoms with Crippen molar-refractivity contribution >= 4 is 27.3 Å². The third-order valence-electron chi connectivity index (χ3n) is 1.42. The summed E-state index contributed by atoms with van der Waals surface area (Å²) in [4.78, 5) is 14.3. The van der Waals surface area contributed by atoms with Crippen LogP contribution in [0.4, 0.5) is 0 Å². The van der Waals surface area contributed by atoms with Gasteiger partial charge in [0, 0.05) is 5.54 Å². The van der Waals surface area contributed by atoms with Crippen molar-refractivity contribution < 1.29 is 18.3 Å². The van der Waals surface area contributed by atoms with Gasteiger partial charge in [0.05, 0.1) is 5.51 Å². The summed E-state index contributed by atoms with van der Waals surface area (Å²) in [6, 6.07) is 0. The standard InChI is InChI=1S/C8H12N2O4S2/c1-8(2,3)10-16(13,14)7-5(6(11)12)9-4-15-7/h4,10H,1-3H3,(H,11,12). The van der Waals surface area contributed by atoms with Gasteiger partial charge in [-0.2, -0.15) is 0 Å². The van der Waals surface area contributed by atoms with Crippen molar-refractivity contribution in [3.8, 4) is 0 Å². The van der Waals surface area contributed by atoms with Crippen LogP contribution in [0.2, 0.25) is 0 Å². The minimum absolute atomic E-state index is 0.269. The van der Waals surface area contributed by atoms with Crippen LogP contribution in [0.25, 0.3) is 0 Å². The predicted molar refractivity (Wildman–Crippen MR) is 59.1 cm³/mol. The van der Waals surface area contributed by atoms with Gasteiger partial charge in [0.15, 0.2) is 9.90 Å². The van der Waals surface area contributed by atoms with Gasteiger partial charge in [-0.25, -0.2) is 22.9 Å². The Balaban J connectivity index is 3.18. The molecule has 0 aromatic carbocycles. The Morgan fingerprint density at radius 3 is 2.50 bits per heavy atom. The quantitative estimate of drug-likeness (QED) is 0.846. The van der Waals surface area contributed by atoms with Crippen LogP contribution in [-0.4, -0.2) is 30.0 Å². The molecule has 0 aliphatic rings. The highest BCUT2D eigenvalue weighted by atomic mass is 32.2. The SMILES string of the molecule is CC(C)(C)NS(=O)(=O)c1scnc1C(=O)O. The topological polar surface area (TPSA) is 96.4 Å². The number of carboxylic acids is 1. The van der Waals surface area contributed by atoms with Crippen LogP contribution in [0.1, 0.15) is 31.3 Å². The summed E-state index contributed by atoms with van der Waals surface area (Å²) in [5.74, 6) is -1.35. The molecule has 6 nitrogen and oxygen atoms in total. The van der Waals surface area contributed by atoms with Crippen molar-refractivity contribution in [2.24, 2.45) is 0 Å². The van der Waals surface area contributed by atoms with E-state index in [1.165, 1.54) is 5.51 Å². The van der Waals surface area contributed by atoms with Gasteiger partial charge in [-0.1, -0.05) is 0 Å². The van der Waals surface area contributed by atoms with Crippen LogP contribution in [0.3, 0.4) is 0 Å². The molecule has 0 bridgehead atoms. The van der Waals surface area contributed by atoms with E-state index in [0.29, 0.717) is 0 Å². The fourth-order valence-corrected chi connectivity index (χ4v) is 3.58. The summed E-state index contributed by atoms with van der Waals surface area (Å²) in [7, 11) is -3.83. The molecule has 1 aromatic heterocycles. The summed E-state index contributed by atoms with van der Waals surface area (Å²) in [5.41, 5.74) is 0.0842. The molecule has 0 atom stereocenters. The summed E-state index contributed by atoms with van der Waals surface area (Å²) in [5, 5.41) is 8.77. The number of thiazole rings is 1. The zero-order valence-electron chi connectivity index (χ0n) is 9.01. The molecule has 0 amide bonds. The van der Waals surface area contributed by atoms with Crippen molar-refractivity contribution in [1.29, 1.82) is 0 Å². The number of hydrogen-bond acceptors (Lipinski definition) is 5. The third-order valence-corrected chi connectivity index (χ3v) is 4.55. The first-order valence-electron chi connectivity index (χ1n) is 4.34. The molecule has 0 fully saturated rings. The highest BCUT2D eigenvalue weighted by Crippen LogP contribution is 2.21. The van der Waals surface area contributed by atoms with Gasteiger partial charge in [-0.15, -0.1) is 11.3 Å². The van der Waals surface area contributed by atoms with Crippen LogP contribution in [0.15, 0.2) is 9.72 Å². The number of aromatic nitrogens is 1. The number of carbonyl (C=O) groups is 1. The molecule has 0 radical (unpaired) electrons. The van der Waals surface area contributed by atoms with E-state index in [2.05, 4.69) is 9.71 Å². The monoisotopic (exact) mass is 264 g/mol. The molecule has 16 heavy (non-hydrogen) atoms. The molecule has 0 spiro atoms. The molecular formula is C8H12N2O4S2. The summed E-state index contributed by atoms with van der Waals surface area (Å²) < 4.78 is 25.8. The maximum absolute atomic E-state index is 11.8. The maximum atomic E-state index is 11.8. The molecule has 90 valence electrons. The average molecular weight is 264 g/mol. The lowest BCUT2D eigenvalue weighted by molar-refractivity contribution is 0.0687. The predicted octanol–water partition coefficient (Wildman–Crippen LogP) is 0.918. The van der Waals surface area contributed by atoms with Crippen molar-refractivity contribution in [2.75, 3.05) is 0 Å². The normalized spacial score (nSPS) is 12.7. The van der Waals surface area contributed by atoms with Gasteiger partial charge >= 0.3 is 5.97 Å². The smallest absolute Gasteiger partial charge is 0.356 e. The van der Waals surface area contributed by atoms with E-state index in [1.54, 1.807) is 20.8 Å². The minimum Gasteiger partial charge on any atom is -0.476 e. The molecule has 8 heteroatoms. The highest BCUT2D eigenvalue weighted by molar-refractivity contribution is 7.91. The molecule has 0 aliphatic carbocycles. The number of aromatic carboxylic acids is 1. The van der Waals surface area contributed by atoms with Crippen LogP contribution in [0.5, 0.6) is 0 Å². The van der Waals surface area contributed by atoms with Gasteiger partial charge in [-0.05, 0) is 20.8 Å². The largest absolute Gasteiger partial charge is 0.476 e. The highest BCUT2D eigenvalue weighted by Gasteiger charge is 2.29. The Morgan fingerprint density at radius 1 is 1.50 bits per heavy atom. The van der Waals surface area contributed by atoms with E-state index in [4.69, 9.17) is 5.11 Å². The zero-order chi connectivity index (χ0) is 12.6. The summed E-state index contributed by atoms with van der Waals surface area (Å²) >= 11 is 0.783. The minimum atomic E-state index is -3.83. The van der Waals surface area contributed by atoms with Crippen molar-refractivity contribution in [3.63, 3.8) is 0 Å². The van der Waals surface area contributed by atoms with E-state index < -0.39 is 27.2 Å². The summed E-state index contributed by atoms with van der Waals surface area (Å²) in [6.45, 7) is 5.02. The number of carboxylic acid groups (broad SMARTS) is 1. The molecule has 0 aliphatic heterocycles. The number of sulfonamides is 1. The second-order valence-corrected chi connectivity index (χ2v) is 6.88. The zero-order valence-corrected chi connectivity index (χ0v) is 10.6. The van der Waals surface area contributed by atoms with Crippen LogP contribution in [0, 0.1) is 0 Å². The number of nitrogens with zero attached hydrogens (tertiary/aromatic N) is 1. The Hall–Kier alpha value is -0.990. The molecule has 0 saturated carbocycles. The first-order valence-corrected chi connectivity index (χ1v) is 6.70. The Morgan fingerprint density at radius 2 is 2.06 bits per heavy atom. The van der Waals surface area contributed by atoms with Crippen molar-refractivity contribution in [2.45, 2.75) is 30.5 Å². The number of rotatable bonds is 3. The van der Waals surface area contributed by atoms with Gasteiger partial charge < -0.3 is 5.11 Å².